The molecule has 0 aliphatic heterocycles. The van der Waals surface area contributed by atoms with Gasteiger partial charge in [0.15, 0.2) is 0 Å². The van der Waals surface area contributed by atoms with Gasteiger partial charge in [0.2, 0.25) is 5.91 Å². The Kier molecular flexibility index (Phi) is 4.74. The number of rotatable bonds is 6. The van der Waals surface area contributed by atoms with Gasteiger partial charge in [-0.05, 0) is 43.0 Å². The summed E-state index contributed by atoms with van der Waals surface area (Å²) in [5.41, 5.74) is 7.43. The number of carbonyl (C=O) groups is 1. The largest absolute Gasteiger partial charge is 0.330 e. The van der Waals surface area contributed by atoms with Gasteiger partial charge in [-0.2, -0.15) is 5.10 Å². The van der Waals surface area contributed by atoms with E-state index in [-0.39, 0.29) is 11.8 Å². The minimum atomic E-state index is 0.0139. The van der Waals surface area contributed by atoms with Gasteiger partial charge in [-0.25, -0.2) is 0 Å². The summed E-state index contributed by atoms with van der Waals surface area (Å²) in [6, 6.07) is 5.71. The number of H-pyrrole nitrogens is 1. The molecule has 0 unspecified atom stereocenters. The van der Waals surface area contributed by atoms with Crippen molar-refractivity contribution in [3.05, 3.63) is 24.4 Å². The van der Waals surface area contributed by atoms with Crippen molar-refractivity contribution < 1.29 is 4.79 Å². The fourth-order valence-corrected chi connectivity index (χ4v) is 2.42. The molecule has 1 aromatic heterocycles. The summed E-state index contributed by atoms with van der Waals surface area (Å²) in [4.78, 5) is 12.0. The Labute approximate surface area is 118 Å². The van der Waals surface area contributed by atoms with Crippen molar-refractivity contribution in [3.63, 3.8) is 0 Å². The summed E-state index contributed by atoms with van der Waals surface area (Å²) >= 11 is 0. The number of benzene rings is 1. The Bertz CT molecular complexity index is 576. The van der Waals surface area contributed by atoms with Crippen molar-refractivity contribution in [2.45, 2.75) is 26.7 Å². The zero-order chi connectivity index (χ0) is 14.5. The second-order valence-electron chi connectivity index (χ2n) is 5.66. The zero-order valence-corrected chi connectivity index (χ0v) is 12.0. The first kappa shape index (κ1) is 14.5. The molecular weight excluding hydrogens is 252 g/mol. The second kappa shape index (κ2) is 6.52. The number of nitrogens with one attached hydrogen (secondary N) is 2. The predicted molar refractivity (Wildman–Crippen MR) is 81.3 cm³/mol. The van der Waals surface area contributed by atoms with Gasteiger partial charge in [-0.3, -0.25) is 9.89 Å². The van der Waals surface area contributed by atoms with Crippen LogP contribution < -0.4 is 11.1 Å². The molecule has 2 aromatic rings. The summed E-state index contributed by atoms with van der Waals surface area (Å²) in [5, 5.41) is 10.8. The van der Waals surface area contributed by atoms with Crippen LogP contribution in [0, 0.1) is 11.8 Å². The monoisotopic (exact) mass is 274 g/mol. The van der Waals surface area contributed by atoms with Gasteiger partial charge in [-0.15, -0.1) is 0 Å². The van der Waals surface area contributed by atoms with Gasteiger partial charge in [0.1, 0.15) is 0 Å². The molecule has 5 heteroatoms. The van der Waals surface area contributed by atoms with Crippen LogP contribution in [-0.2, 0) is 4.79 Å². The van der Waals surface area contributed by atoms with E-state index in [1.54, 1.807) is 6.20 Å². The molecule has 0 bridgehead atoms. The lowest BCUT2D eigenvalue weighted by Crippen LogP contribution is -2.23. The molecule has 0 saturated carbocycles. The van der Waals surface area contributed by atoms with E-state index < -0.39 is 0 Å². The highest BCUT2D eigenvalue weighted by Gasteiger charge is 2.14. The average molecular weight is 274 g/mol. The van der Waals surface area contributed by atoms with Crippen LogP contribution in [0.2, 0.25) is 0 Å². The van der Waals surface area contributed by atoms with Crippen LogP contribution in [-0.4, -0.2) is 22.6 Å². The molecule has 0 aliphatic rings. The first-order chi connectivity index (χ1) is 9.58. The number of aromatic amines is 1. The quantitative estimate of drug-likeness (QED) is 0.756. The van der Waals surface area contributed by atoms with Crippen molar-refractivity contribution in [2.75, 3.05) is 11.9 Å². The summed E-state index contributed by atoms with van der Waals surface area (Å²) in [7, 11) is 0. The van der Waals surface area contributed by atoms with E-state index in [2.05, 4.69) is 29.4 Å². The molecule has 20 heavy (non-hydrogen) atoms. The standard InChI is InChI=1S/C15H22N4O/c1-10(2)5-11(8-16)6-15(20)18-13-4-3-12-9-17-19-14(12)7-13/h3-4,7,9-11H,5-6,8,16H2,1-2H3,(H,17,19)(H,18,20)/t11-/m0/s1. The topological polar surface area (TPSA) is 83.8 Å². The SMILES string of the molecule is CC(C)C[C@H](CN)CC(=O)Nc1ccc2cn[nH]c2c1. The average Bonchev–Trinajstić information content (AvgIpc) is 2.84. The van der Waals surface area contributed by atoms with E-state index in [4.69, 9.17) is 5.73 Å². The van der Waals surface area contributed by atoms with Crippen LogP contribution in [0.1, 0.15) is 26.7 Å². The Morgan fingerprint density at radius 1 is 1.45 bits per heavy atom. The van der Waals surface area contributed by atoms with Crippen molar-refractivity contribution >= 4 is 22.5 Å². The molecule has 0 saturated heterocycles. The van der Waals surface area contributed by atoms with E-state index in [0.29, 0.717) is 18.9 Å². The van der Waals surface area contributed by atoms with Crippen molar-refractivity contribution in [2.24, 2.45) is 17.6 Å². The third-order valence-electron chi connectivity index (χ3n) is 3.34. The maximum Gasteiger partial charge on any atom is 0.224 e. The van der Waals surface area contributed by atoms with Gasteiger partial charge in [0.25, 0.3) is 0 Å². The van der Waals surface area contributed by atoms with Crippen molar-refractivity contribution in [1.82, 2.24) is 10.2 Å². The molecule has 1 atom stereocenters. The van der Waals surface area contributed by atoms with Crippen LogP contribution >= 0.6 is 0 Å². The number of anilines is 1. The van der Waals surface area contributed by atoms with Gasteiger partial charge < -0.3 is 11.1 Å². The first-order valence-corrected chi connectivity index (χ1v) is 7.01. The smallest absolute Gasteiger partial charge is 0.224 e. The lowest BCUT2D eigenvalue weighted by atomic mass is 9.94. The molecule has 2 rings (SSSR count). The molecule has 0 radical (unpaired) electrons. The number of hydrogen-bond acceptors (Lipinski definition) is 3. The van der Waals surface area contributed by atoms with Gasteiger partial charge in [-0.1, -0.05) is 13.8 Å². The number of nitrogens with zero attached hydrogens (tertiary/aromatic N) is 1. The first-order valence-electron chi connectivity index (χ1n) is 7.01. The normalized spacial score (nSPS) is 12.8. The van der Waals surface area contributed by atoms with E-state index in [1.165, 1.54) is 0 Å². The molecule has 4 N–H and O–H groups in total. The molecule has 0 fully saturated rings. The summed E-state index contributed by atoms with van der Waals surface area (Å²) in [5.74, 6) is 0.809. The molecule has 5 nitrogen and oxygen atoms in total. The Morgan fingerprint density at radius 2 is 2.25 bits per heavy atom. The summed E-state index contributed by atoms with van der Waals surface area (Å²) in [6.45, 7) is 4.84. The molecule has 1 aromatic carbocycles. The van der Waals surface area contributed by atoms with Crippen molar-refractivity contribution in [1.29, 1.82) is 0 Å². The van der Waals surface area contributed by atoms with E-state index >= 15 is 0 Å². The second-order valence-corrected chi connectivity index (χ2v) is 5.66. The number of aromatic nitrogens is 2. The predicted octanol–water partition coefficient (Wildman–Crippen LogP) is 2.51. The third kappa shape index (κ3) is 3.81. The number of carbonyl (C=O) groups excluding carboxylic acids is 1. The Hall–Kier alpha value is -1.88. The molecule has 0 aliphatic carbocycles. The molecule has 0 spiro atoms. The zero-order valence-electron chi connectivity index (χ0n) is 12.0. The summed E-state index contributed by atoms with van der Waals surface area (Å²) in [6.07, 6.45) is 3.20. The van der Waals surface area contributed by atoms with Crippen LogP contribution in [0.4, 0.5) is 5.69 Å². The van der Waals surface area contributed by atoms with Gasteiger partial charge >= 0.3 is 0 Å². The minimum absolute atomic E-state index is 0.0139. The number of hydrogen-bond donors (Lipinski definition) is 3. The van der Waals surface area contributed by atoms with Crippen LogP contribution in [0.5, 0.6) is 0 Å². The lowest BCUT2D eigenvalue weighted by Gasteiger charge is -2.16. The van der Waals surface area contributed by atoms with E-state index in [0.717, 1.165) is 23.0 Å². The highest BCUT2D eigenvalue weighted by Crippen LogP contribution is 2.18. The molecule has 1 heterocycles. The van der Waals surface area contributed by atoms with E-state index in [9.17, 15) is 4.79 Å². The van der Waals surface area contributed by atoms with Gasteiger partial charge in [0, 0.05) is 17.5 Å². The Morgan fingerprint density at radius 3 is 2.95 bits per heavy atom. The minimum Gasteiger partial charge on any atom is -0.330 e. The lowest BCUT2D eigenvalue weighted by molar-refractivity contribution is -0.117. The number of nitrogens with two attached hydrogens (primary N) is 1. The molecule has 1 amide bonds. The van der Waals surface area contributed by atoms with Gasteiger partial charge in [0.05, 0.1) is 11.7 Å². The summed E-state index contributed by atoms with van der Waals surface area (Å²) < 4.78 is 0. The number of amides is 1. The Balaban J connectivity index is 1.96. The maximum absolute atomic E-state index is 12.0. The highest BCUT2D eigenvalue weighted by molar-refractivity contribution is 5.93. The molecule has 108 valence electrons. The molecular formula is C15H22N4O. The van der Waals surface area contributed by atoms with E-state index in [1.807, 2.05) is 18.2 Å². The fourth-order valence-electron chi connectivity index (χ4n) is 2.42. The fraction of sp³-hybridized carbons (Fsp3) is 0.467. The van der Waals surface area contributed by atoms with Crippen LogP contribution in [0.15, 0.2) is 24.4 Å². The van der Waals surface area contributed by atoms with Crippen LogP contribution in [0.25, 0.3) is 10.9 Å². The number of fused-ring (bicyclic) bond motifs is 1. The van der Waals surface area contributed by atoms with Crippen LogP contribution in [0.3, 0.4) is 0 Å². The third-order valence-corrected chi connectivity index (χ3v) is 3.34. The maximum atomic E-state index is 12.0. The van der Waals surface area contributed by atoms with Crippen molar-refractivity contribution in [3.8, 4) is 0 Å². The highest BCUT2D eigenvalue weighted by atomic mass is 16.1.